The maximum atomic E-state index is 13.2. The number of carbonyl (C=O) groups excluding carboxylic acids is 4. The van der Waals surface area contributed by atoms with Gasteiger partial charge < -0.3 is 19.8 Å². The van der Waals surface area contributed by atoms with Crippen LogP contribution in [0.5, 0.6) is 0 Å². The van der Waals surface area contributed by atoms with Crippen molar-refractivity contribution >= 4 is 49.0 Å². The van der Waals surface area contributed by atoms with Gasteiger partial charge in [-0.15, -0.1) is 0 Å². The number of pyridine rings is 1. The van der Waals surface area contributed by atoms with Crippen molar-refractivity contribution in [2.75, 3.05) is 6.54 Å². The molecule has 0 saturated carbocycles. The molecule has 3 N–H and O–H groups in total. The van der Waals surface area contributed by atoms with E-state index >= 15 is 0 Å². The summed E-state index contributed by atoms with van der Waals surface area (Å²) in [6.07, 6.45) is 4.56. The summed E-state index contributed by atoms with van der Waals surface area (Å²) >= 11 is 0. The van der Waals surface area contributed by atoms with E-state index in [1.807, 2.05) is 44.2 Å². The van der Waals surface area contributed by atoms with Crippen LogP contribution in [0.15, 0.2) is 36.4 Å². The van der Waals surface area contributed by atoms with E-state index in [0.717, 1.165) is 16.5 Å². The molecule has 0 bridgehead atoms. The number of ether oxygens (including phenoxy) is 1. The van der Waals surface area contributed by atoms with Crippen LogP contribution in [0.4, 0.5) is 0 Å². The highest BCUT2D eigenvalue weighted by atomic mass is 28.4. The van der Waals surface area contributed by atoms with Gasteiger partial charge in [-0.05, 0) is 75.4 Å². The zero-order valence-corrected chi connectivity index (χ0v) is 31.5. The maximum Gasteiger partial charge on any atom is 0.325 e. The number of fused-ring (bicyclic) bond motifs is 1. The molecule has 1 unspecified atom stereocenters. The first-order valence-corrected chi connectivity index (χ1v) is 19.8. The van der Waals surface area contributed by atoms with E-state index in [-0.39, 0.29) is 28.9 Å². The van der Waals surface area contributed by atoms with Crippen molar-refractivity contribution < 1.29 is 28.3 Å². The van der Waals surface area contributed by atoms with E-state index in [1.54, 1.807) is 13.8 Å². The Morgan fingerprint density at radius 1 is 1.04 bits per heavy atom. The Labute approximate surface area is 286 Å². The normalized spacial score (nSPS) is 18.3. The summed E-state index contributed by atoms with van der Waals surface area (Å²) in [5.74, 6) is -1.82. The molecule has 1 fully saturated rings. The Morgan fingerprint density at radius 3 is 2.33 bits per heavy atom. The van der Waals surface area contributed by atoms with Crippen molar-refractivity contribution in [1.82, 2.24) is 26.1 Å². The van der Waals surface area contributed by atoms with Gasteiger partial charge in [0.2, 0.25) is 11.8 Å². The molecule has 1 saturated heterocycles. The average molecular weight is 682 g/mol. The molecule has 11 nitrogen and oxygen atoms in total. The van der Waals surface area contributed by atoms with E-state index < -0.39 is 44.4 Å². The lowest BCUT2D eigenvalue weighted by Crippen LogP contribution is -2.60. The quantitative estimate of drug-likeness (QED) is 0.199. The first-order valence-electron chi connectivity index (χ1n) is 16.9. The Kier molecular flexibility index (Phi) is 13.1. The van der Waals surface area contributed by atoms with E-state index in [4.69, 9.17) is 14.1 Å². The lowest BCUT2D eigenvalue weighted by atomic mass is 10.0. The highest BCUT2D eigenvalue weighted by Gasteiger charge is 2.38. The molecule has 1 aliphatic rings. The van der Waals surface area contributed by atoms with Gasteiger partial charge in [-0.25, -0.2) is 10.4 Å². The van der Waals surface area contributed by atoms with Crippen LogP contribution in [0.3, 0.4) is 0 Å². The lowest BCUT2D eigenvalue weighted by Gasteiger charge is -2.37. The molecule has 0 aliphatic carbocycles. The van der Waals surface area contributed by atoms with Crippen LogP contribution in [0, 0.1) is 5.92 Å². The summed E-state index contributed by atoms with van der Waals surface area (Å²) < 4.78 is 12.3. The second-order valence-corrected chi connectivity index (χ2v) is 19.4. The zero-order chi connectivity index (χ0) is 36.0. The number of esters is 1. The summed E-state index contributed by atoms with van der Waals surface area (Å²) in [4.78, 5) is 55.5. The summed E-state index contributed by atoms with van der Waals surface area (Å²) in [7, 11) is -1.88. The molecule has 2 heterocycles. The minimum absolute atomic E-state index is 0.0193. The van der Waals surface area contributed by atoms with Crippen molar-refractivity contribution in [3.63, 3.8) is 0 Å². The second kappa shape index (κ2) is 16.2. The monoisotopic (exact) mass is 681 g/mol. The smallest absolute Gasteiger partial charge is 0.325 e. The molecule has 264 valence electrons. The third kappa shape index (κ3) is 10.4. The topological polar surface area (TPSA) is 139 Å². The van der Waals surface area contributed by atoms with E-state index in [2.05, 4.69) is 69.0 Å². The Balaban J connectivity index is 1.62. The molecule has 12 heteroatoms. The number of nitrogens with one attached hydrogen (secondary N) is 3. The molecule has 5 atom stereocenters. The number of hydrogen-bond donors (Lipinski definition) is 3. The molecule has 2 aromatic rings. The van der Waals surface area contributed by atoms with E-state index in [0.29, 0.717) is 25.1 Å². The van der Waals surface area contributed by atoms with Gasteiger partial charge in [-0.3, -0.25) is 24.2 Å². The van der Waals surface area contributed by atoms with Crippen molar-refractivity contribution in [2.45, 2.75) is 124 Å². The van der Waals surface area contributed by atoms with Gasteiger partial charge in [0.05, 0.1) is 17.3 Å². The van der Waals surface area contributed by atoms with Crippen molar-refractivity contribution in [3.8, 4) is 0 Å². The fraction of sp³-hybridized carbons (Fsp3) is 0.583. The summed E-state index contributed by atoms with van der Waals surface area (Å²) in [6.45, 7) is 21.9. The number of benzene rings is 1. The molecule has 3 amide bonds. The summed E-state index contributed by atoms with van der Waals surface area (Å²) in [5, 5.41) is 7.78. The van der Waals surface area contributed by atoms with Crippen LogP contribution in [-0.2, 0) is 28.3 Å². The third-order valence-corrected chi connectivity index (χ3v) is 13.6. The SMILES string of the molecule is CC(=O)N[C@H](C(=O)N[C@@H](C)C(=O)N1CCC[C@@H](C(=O)O[C@H](C)c2ccc3ccc(/C=C/C(C)O[Si](C)(C)C(C)(C)C)cc3n2)N1)C(C)C. The van der Waals surface area contributed by atoms with Crippen LogP contribution < -0.4 is 16.1 Å². The molecule has 0 spiro atoms. The van der Waals surface area contributed by atoms with Gasteiger partial charge in [-0.2, -0.15) is 0 Å². The lowest BCUT2D eigenvalue weighted by molar-refractivity contribution is -0.157. The van der Waals surface area contributed by atoms with Crippen LogP contribution in [-0.4, -0.2) is 72.8 Å². The van der Waals surface area contributed by atoms with Crippen molar-refractivity contribution in [2.24, 2.45) is 5.92 Å². The number of aromatic nitrogens is 1. The largest absolute Gasteiger partial charge is 0.455 e. The van der Waals surface area contributed by atoms with Crippen LogP contribution in [0.25, 0.3) is 17.0 Å². The molecular formula is C36H55N5O6Si. The Hall–Kier alpha value is -3.61. The molecule has 3 rings (SSSR count). The second-order valence-electron chi connectivity index (χ2n) is 14.7. The number of hydrogen-bond acceptors (Lipinski definition) is 8. The molecule has 1 aromatic carbocycles. The van der Waals surface area contributed by atoms with Gasteiger partial charge in [0.15, 0.2) is 8.32 Å². The van der Waals surface area contributed by atoms with Gasteiger partial charge in [-0.1, -0.05) is 65.0 Å². The standard InChI is InChI=1S/C36H55N5O6Si/c1-22(2)32(38-26(6)42)33(43)37-24(4)34(44)41-20-12-13-30(40-41)35(45)46-25(5)29-19-18-28-17-16-27(21-31(28)39-29)15-14-23(3)47-48(10,11)36(7,8)9/h14-19,21-25,30,32,40H,12-13,20H2,1-11H3,(H,37,43)(H,38,42)/b15-14+/t23?,24-,25+,30-,32-/m0/s1. The third-order valence-electron chi connectivity index (χ3n) is 9.07. The highest BCUT2D eigenvalue weighted by Crippen LogP contribution is 2.37. The fourth-order valence-corrected chi connectivity index (χ4v) is 6.55. The van der Waals surface area contributed by atoms with Gasteiger partial charge >= 0.3 is 5.97 Å². The molecule has 1 aromatic heterocycles. The van der Waals surface area contributed by atoms with Gasteiger partial charge in [0.25, 0.3) is 5.91 Å². The molecular weight excluding hydrogens is 627 g/mol. The Morgan fingerprint density at radius 2 is 1.71 bits per heavy atom. The first kappa shape index (κ1) is 38.8. The van der Waals surface area contributed by atoms with E-state index in [1.165, 1.54) is 11.9 Å². The number of carbonyl (C=O) groups is 4. The predicted octanol–water partition coefficient (Wildman–Crippen LogP) is 5.42. The number of hydrazine groups is 1. The number of rotatable bonds is 12. The average Bonchev–Trinajstić information content (AvgIpc) is 3.00. The Bertz CT molecular complexity index is 1500. The van der Waals surface area contributed by atoms with Crippen molar-refractivity contribution in [3.05, 3.63) is 47.7 Å². The maximum absolute atomic E-state index is 13.2. The molecule has 1 aliphatic heterocycles. The number of amides is 3. The molecule has 0 radical (unpaired) electrons. The first-order chi connectivity index (χ1) is 22.3. The van der Waals surface area contributed by atoms with Crippen LogP contribution in [0.2, 0.25) is 18.1 Å². The highest BCUT2D eigenvalue weighted by molar-refractivity contribution is 6.74. The summed E-state index contributed by atoms with van der Waals surface area (Å²) in [6, 6.07) is 7.52. The van der Waals surface area contributed by atoms with E-state index in [9.17, 15) is 19.2 Å². The predicted molar refractivity (Wildman–Crippen MR) is 191 cm³/mol. The number of nitrogens with zero attached hydrogens (tertiary/aromatic N) is 2. The van der Waals surface area contributed by atoms with Gasteiger partial charge in [0, 0.05) is 18.9 Å². The fourth-order valence-electron chi connectivity index (χ4n) is 5.19. The van der Waals surface area contributed by atoms with Crippen LogP contribution in [0.1, 0.15) is 92.5 Å². The van der Waals surface area contributed by atoms with Crippen LogP contribution >= 0.6 is 0 Å². The minimum atomic E-state index is -1.88. The van der Waals surface area contributed by atoms with Gasteiger partial charge in [0.1, 0.15) is 24.2 Å². The minimum Gasteiger partial charge on any atom is -0.455 e. The zero-order valence-electron chi connectivity index (χ0n) is 30.5. The van der Waals surface area contributed by atoms with Crippen molar-refractivity contribution in [1.29, 1.82) is 0 Å². The molecule has 48 heavy (non-hydrogen) atoms. The summed E-state index contributed by atoms with van der Waals surface area (Å²) in [5.41, 5.74) is 5.39.